The van der Waals surface area contributed by atoms with Gasteiger partial charge in [0.15, 0.2) is 5.75 Å². The van der Waals surface area contributed by atoms with Crippen molar-refractivity contribution >= 4 is 23.3 Å². The zero-order valence-electron chi connectivity index (χ0n) is 10.2. The van der Waals surface area contributed by atoms with Crippen molar-refractivity contribution in [1.29, 1.82) is 0 Å². The molecule has 0 aliphatic carbocycles. The molecule has 0 spiro atoms. The summed E-state index contributed by atoms with van der Waals surface area (Å²) in [7, 11) is 2.55. The van der Waals surface area contributed by atoms with E-state index >= 15 is 0 Å². The van der Waals surface area contributed by atoms with Gasteiger partial charge >= 0.3 is 11.7 Å². The summed E-state index contributed by atoms with van der Waals surface area (Å²) in [5, 5.41) is 11.0. The summed E-state index contributed by atoms with van der Waals surface area (Å²) in [6, 6.07) is 2.51. The monoisotopic (exact) mass is 283 g/mol. The van der Waals surface area contributed by atoms with Crippen molar-refractivity contribution < 1.29 is 19.2 Å². The molecule has 0 aliphatic heterocycles. The highest BCUT2D eigenvalue weighted by molar-refractivity contribution is 6.32. The number of carbonyl (C=O) groups is 1. The maximum atomic E-state index is 10.9. The third-order valence-electron chi connectivity index (χ3n) is 2.15. The van der Waals surface area contributed by atoms with Gasteiger partial charge in [0.25, 0.3) is 0 Å². The molecule has 0 amide bonds. The summed E-state index contributed by atoms with van der Waals surface area (Å²) in [6.45, 7) is 0. The Labute approximate surface area is 114 Å². The van der Waals surface area contributed by atoms with Gasteiger partial charge in [-0.05, 0) is 0 Å². The lowest BCUT2D eigenvalue weighted by atomic mass is 10.2. The van der Waals surface area contributed by atoms with Crippen LogP contribution in [0.4, 0.5) is 5.69 Å². The Morgan fingerprint density at radius 2 is 2.16 bits per heavy atom. The van der Waals surface area contributed by atoms with Crippen LogP contribution in [-0.2, 0) is 9.53 Å². The van der Waals surface area contributed by atoms with Crippen molar-refractivity contribution in [2.24, 2.45) is 0 Å². The number of hydrogen-bond acceptors (Lipinski definition) is 5. The van der Waals surface area contributed by atoms with Crippen LogP contribution in [0.3, 0.4) is 0 Å². The van der Waals surface area contributed by atoms with E-state index in [1.54, 1.807) is 0 Å². The molecule has 0 atom stereocenters. The molecule has 0 saturated heterocycles. The maximum Gasteiger partial charge on any atom is 0.317 e. The van der Waals surface area contributed by atoms with Crippen LogP contribution in [0, 0.1) is 22.0 Å². The van der Waals surface area contributed by atoms with Gasteiger partial charge in [-0.1, -0.05) is 23.4 Å². The third-order valence-corrected chi connectivity index (χ3v) is 2.46. The van der Waals surface area contributed by atoms with Gasteiger partial charge in [0.1, 0.15) is 6.42 Å². The van der Waals surface area contributed by atoms with Gasteiger partial charge in [-0.25, -0.2) is 0 Å². The van der Waals surface area contributed by atoms with E-state index in [0.717, 1.165) is 0 Å². The van der Waals surface area contributed by atoms with Crippen molar-refractivity contribution in [3.05, 3.63) is 32.8 Å². The molecule has 0 N–H and O–H groups in total. The third kappa shape index (κ3) is 3.86. The minimum absolute atomic E-state index is 0.0496. The summed E-state index contributed by atoms with van der Waals surface area (Å²) in [5.74, 6) is 4.66. The van der Waals surface area contributed by atoms with Gasteiger partial charge in [-0.15, -0.1) is 0 Å². The largest absolute Gasteiger partial charge is 0.490 e. The van der Waals surface area contributed by atoms with Crippen molar-refractivity contribution in [3.63, 3.8) is 0 Å². The molecule has 0 heterocycles. The molecule has 1 aromatic carbocycles. The number of nitrogens with zero attached hydrogens (tertiary/aromatic N) is 1. The first-order chi connectivity index (χ1) is 8.99. The zero-order valence-corrected chi connectivity index (χ0v) is 11.0. The Morgan fingerprint density at radius 3 is 2.68 bits per heavy atom. The second kappa shape index (κ2) is 6.61. The molecule has 100 valence electrons. The lowest BCUT2D eigenvalue weighted by molar-refractivity contribution is -0.385. The first-order valence-electron chi connectivity index (χ1n) is 5.07. The van der Waals surface area contributed by atoms with E-state index in [9.17, 15) is 14.9 Å². The number of ether oxygens (including phenoxy) is 2. The summed E-state index contributed by atoms with van der Waals surface area (Å²) >= 11 is 5.91. The average Bonchev–Trinajstić information content (AvgIpc) is 2.39. The molecule has 7 heteroatoms. The smallest absolute Gasteiger partial charge is 0.317 e. The second-order valence-corrected chi connectivity index (χ2v) is 3.72. The van der Waals surface area contributed by atoms with Crippen LogP contribution in [0.1, 0.15) is 12.0 Å². The maximum absolute atomic E-state index is 10.9. The number of carbonyl (C=O) groups excluding carboxylic acids is 1. The summed E-state index contributed by atoms with van der Waals surface area (Å²) in [5.41, 5.74) is 0.00679. The van der Waals surface area contributed by atoms with Crippen LogP contribution in [0.15, 0.2) is 12.1 Å². The van der Waals surface area contributed by atoms with Gasteiger partial charge in [0, 0.05) is 12.1 Å². The molecule has 6 nitrogen and oxygen atoms in total. The minimum Gasteiger partial charge on any atom is -0.490 e. The number of hydrogen-bond donors (Lipinski definition) is 0. The Balaban J connectivity index is 3.11. The van der Waals surface area contributed by atoms with Crippen molar-refractivity contribution in [2.75, 3.05) is 14.2 Å². The molecule has 1 aromatic rings. The van der Waals surface area contributed by atoms with Crippen LogP contribution < -0.4 is 4.74 Å². The van der Waals surface area contributed by atoms with Crippen LogP contribution in [0.25, 0.3) is 0 Å². The van der Waals surface area contributed by atoms with Gasteiger partial charge in [-0.3, -0.25) is 14.9 Å². The number of halogens is 1. The number of esters is 1. The van der Waals surface area contributed by atoms with E-state index < -0.39 is 10.9 Å². The van der Waals surface area contributed by atoms with E-state index in [0.29, 0.717) is 0 Å². The molecule has 0 bridgehead atoms. The van der Waals surface area contributed by atoms with E-state index in [4.69, 9.17) is 16.3 Å². The minimum atomic E-state index is -0.597. The van der Waals surface area contributed by atoms with E-state index in [2.05, 4.69) is 16.6 Å². The SMILES string of the molecule is COC(=O)CC#Cc1cc([N+](=O)[O-])c(OC)cc1Cl. The fraction of sp³-hybridized carbons (Fsp3) is 0.250. The highest BCUT2D eigenvalue weighted by atomic mass is 35.5. The van der Waals surface area contributed by atoms with Gasteiger partial charge in [0.2, 0.25) is 0 Å². The highest BCUT2D eigenvalue weighted by Gasteiger charge is 2.17. The molecule has 0 radical (unpaired) electrons. The van der Waals surface area contributed by atoms with Gasteiger partial charge in [0.05, 0.1) is 29.7 Å². The van der Waals surface area contributed by atoms with E-state index in [1.807, 2.05) is 0 Å². The Bertz CT molecular complexity index is 573. The number of nitro benzene ring substituents is 1. The van der Waals surface area contributed by atoms with Crippen LogP contribution in [0.5, 0.6) is 5.75 Å². The molecule has 0 saturated carbocycles. The second-order valence-electron chi connectivity index (χ2n) is 3.32. The molecule has 0 aliphatic rings. The summed E-state index contributed by atoms with van der Waals surface area (Å²) < 4.78 is 9.27. The Hall–Kier alpha value is -2.26. The quantitative estimate of drug-likeness (QED) is 0.368. The number of nitro groups is 1. The van der Waals surface area contributed by atoms with E-state index in [-0.39, 0.29) is 28.4 Å². The predicted molar refractivity (Wildman–Crippen MR) is 68.2 cm³/mol. The number of rotatable bonds is 3. The predicted octanol–water partition coefficient (Wildman–Crippen LogP) is 2.17. The topological polar surface area (TPSA) is 78.7 Å². The molecular formula is C12H10ClNO5. The normalized spacial score (nSPS) is 9.21. The summed E-state index contributed by atoms with van der Waals surface area (Å²) in [6.07, 6.45) is -0.118. The van der Waals surface area contributed by atoms with E-state index in [1.165, 1.54) is 26.4 Å². The zero-order chi connectivity index (χ0) is 14.4. The summed E-state index contributed by atoms with van der Waals surface area (Å²) in [4.78, 5) is 21.1. The molecule has 0 aromatic heterocycles. The highest BCUT2D eigenvalue weighted by Crippen LogP contribution is 2.32. The molecule has 1 rings (SSSR count). The van der Waals surface area contributed by atoms with Gasteiger partial charge < -0.3 is 9.47 Å². The Morgan fingerprint density at radius 1 is 1.47 bits per heavy atom. The van der Waals surface area contributed by atoms with Crippen LogP contribution in [0.2, 0.25) is 5.02 Å². The first-order valence-corrected chi connectivity index (χ1v) is 5.45. The van der Waals surface area contributed by atoms with Gasteiger partial charge in [-0.2, -0.15) is 0 Å². The van der Waals surface area contributed by atoms with Crippen molar-refractivity contribution in [3.8, 4) is 17.6 Å². The number of methoxy groups -OCH3 is 2. The van der Waals surface area contributed by atoms with Crippen molar-refractivity contribution in [2.45, 2.75) is 6.42 Å². The molecular weight excluding hydrogens is 274 g/mol. The number of benzene rings is 1. The first kappa shape index (κ1) is 14.8. The lowest BCUT2D eigenvalue weighted by Crippen LogP contribution is -1.97. The standard InChI is InChI=1S/C12H10ClNO5/c1-18-11-7-9(13)8(6-10(11)14(16)17)4-3-5-12(15)19-2/h6-7H,5H2,1-2H3. The van der Waals surface area contributed by atoms with Crippen LogP contribution >= 0.6 is 11.6 Å². The molecule has 19 heavy (non-hydrogen) atoms. The fourth-order valence-corrected chi connectivity index (χ4v) is 1.43. The Kier molecular flexibility index (Phi) is 5.15. The average molecular weight is 284 g/mol. The van der Waals surface area contributed by atoms with Crippen LogP contribution in [-0.4, -0.2) is 25.1 Å². The molecule has 0 unspecified atom stereocenters. The van der Waals surface area contributed by atoms with Crippen molar-refractivity contribution in [1.82, 2.24) is 0 Å². The molecule has 0 fully saturated rings. The fourth-order valence-electron chi connectivity index (χ4n) is 1.23. The lowest BCUT2D eigenvalue weighted by Gasteiger charge is -2.03.